The van der Waals surface area contributed by atoms with E-state index in [0.717, 1.165) is 27.9 Å². The molecule has 1 aliphatic rings. The van der Waals surface area contributed by atoms with Gasteiger partial charge in [-0.15, -0.1) is 11.6 Å². The van der Waals surface area contributed by atoms with E-state index in [1.807, 2.05) is 43.3 Å². The molecule has 2 aromatic rings. The largest absolute Gasteiger partial charge is 0.315 e. The van der Waals surface area contributed by atoms with E-state index in [4.69, 9.17) is 23.2 Å². The Balaban J connectivity index is 2.00. The van der Waals surface area contributed by atoms with Gasteiger partial charge in [0, 0.05) is 17.8 Å². The number of carbonyl (C=O) groups is 1. The quantitative estimate of drug-likeness (QED) is 0.746. The average molecular weight is 320 g/mol. The molecule has 0 bridgehead atoms. The molecular weight excluding hydrogens is 305 g/mol. The van der Waals surface area contributed by atoms with E-state index >= 15 is 0 Å². The highest BCUT2D eigenvalue weighted by atomic mass is 35.5. The number of amides is 1. The average Bonchev–Trinajstić information content (AvgIpc) is 2.76. The van der Waals surface area contributed by atoms with Crippen molar-refractivity contribution in [1.82, 2.24) is 0 Å². The Hall–Kier alpha value is -1.51. The number of likely N-dealkylation sites (N-methyl/N-ethyl adjacent to an activating group) is 1. The summed E-state index contributed by atoms with van der Waals surface area (Å²) >= 11 is 12.8. The van der Waals surface area contributed by atoms with Crippen LogP contribution in [0.15, 0.2) is 36.4 Å². The Morgan fingerprint density at radius 3 is 2.76 bits per heavy atom. The first-order valence-electron chi connectivity index (χ1n) is 6.77. The van der Waals surface area contributed by atoms with Crippen LogP contribution in [0.1, 0.15) is 27.6 Å². The summed E-state index contributed by atoms with van der Waals surface area (Å²) in [4.78, 5) is 13.4. The lowest BCUT2D eigenvalue weighted by Crippen LogP contribution is -2.20. The second-order valence-corrected chi connectivity index (χ2v) is 6.18. The van der Waals surface area contributed by atoms with Crippen LogP contribution in [-0.2, 0) is 11.2 Å². The fraction of sp³-hybridized carbons (Fsp3) is 0.235. The number of rotatable bonds is 2. The summed E-state index contributed by atoms with van der Waals surface area (Å²) in [5, 5.41) is 0.448. The fourth-order valence-electron chi connectivity index (χ4n) is 2.73. The highest BCUT2D eigenvalue weighted by Crippen LogP contribution is 2.37. The Labute approximate surface area is 134 Å². The standard InChI is InChI=1S/C17H15Cl2NO/c1-10-13(4-3-5-14(10)18)17(19)11-6-7-15-12(8-11)9-16(21)20(15)2/h3-8,17H,9H2,1-2H3. The van der Waals surface area contributed by atoms with Crippen molar-refractivity contribution in [1.29, 1.82) is 0 Å². The minimum absolute atomic E-state index is 0.118. The molecule has 0 saturated heterocycles. The minimum Gasteiger partial charge on any atom is -0.315 e. The molecule has 0 aromatic heterocycles. The van der Waals surface area contributed by atoms with Crippen LogP contribution >= 0.6 is 23.2 Å². The number of carbonyl (C=O) groups excluding carboxylic acids is 1. The molecule has 3 rings (SSSR count). The lowest BCUT2D eigenvalue weighted by atomic mass is 9.98. The van der Waals surface area contributed by atoms with Crippen molar-refractivity contribution in [2.75, 3.05) is 11.9 Å². The molecule has 0 aliphatic carbocycles. The molecule has 2 aromatic carbocycles. The second-order valence-electron chi connectivity index (χ2n) is 5.33. The molecule has 1 aliphatic heterocycles. The molecule has 0 fully saturated rings. The molecule has 0 N–H and O–H groups in total. The molecule has 108 valence electrons. The van der Waals surface area contributed by atoms with E-state index in [0.29, 0.717) is 11.4 Å². The van der Waals surface area contributed by atoms with Crippen molar-refractivity contribution in [2.45, 2.75) is 18.7 Å². The third-order valence-corrected chi connectivity index (χ3v) is 4.95. The van der Waals surface area contributed by atoms with E-state index in [2.05, 4.69) is 0 Å². The minimum atomic E-state index is -0.269. The monoisotopic (exact) mass is 319 g/mol. The lowest BCUT2D eigenvalue weighted by molar-refractivity contribution is -0.117. The number of alkyl halides is 1. The Bertz CT molecular complexity index is 727. The van der Waals surface area contributed by atoms with Crippen LogP contribution in [0.2, 0.25) is 5.02 Å². The molecule has 0 radical (unpaired) electrons. The summed E-state index contributed by atoms with van der Waals surface area (Å²) in [6, 6.07) is 11.7. The SMILES string of the molecule is Cc1c(Cl)cccc1C(Cl)c1ccc2c(c1)CC(=O)N2C. The molecular formula is C17H15Cl2NO. The van der Waals surface area contributed by atoms with Gasteiger partial charge in [-0.2, -0.15) is 0 Å². The predicted molar refractivity (Wildman–Crippen MR) is 87.4 cm³/mol. The van der Waals surface area contributed by atoms with Gasteiger partial charge in [0.1, 0.15) is 0 Å². The maximum atomic E-state index is 11.8. The molecule has 0 saturated carbocycles. The van der Waals surface area contributed by atoms with E-state index in [1.54, 1.807) is 11.9 Å². The maximum Gasteiger partial charge on any atom is 0.231 e. The Morgan fingerprint density at radius 1 is 1.24 bits per heavy atom. The van der Waals surface area contributed by atoms with Gasteiger partial charge < -0.3 is 4.90 Å². The summed E-state index contributed by atoms with van der Waals surface area (Å²) in [6.07, 6.45) is 0.442. The van der Waals surface area contributed by atoms with Gasteiger partial charge in [-0.25, -0.2) is 0 Å². The topological polar surface area (TPSA) is 20.3 Å². The summed E-state index contributed by atoms with van der Waals surface area (Å²) in [5.74, 6) is 0.118. The molecule has 21 heavy (non-hydrogen) atoms. The Morgan fingerprint density at radius 2 is 2.00 bits per heavy atom. The van der Waals surface area contributed by atoms with E-state index in [1.165, 1.54) is 0 Å². The zero-order valence-corrected chi connectivity index (χ0v) is 13.4. The third-order valence-electron chi connectivity index (χ3n) is 4.06. The first kappa shape index (κ1) is 14.4. The van der Waals surface area contributed by atoms with Gasteiger partial charge >= 0.3 is 0 Å². The van der Waals surface area contributed by atoms with E-state index in [9.17, 15) is 4.79 Å². The molecule has 1 amide bonds. The molecule has 1 unspecified atom stereocenters. The fourth-order valence-corrected chi connectivity index (χ4v) is 3.28. The smallest absolute Gasteiger partial charge is 0.231 e. The van der Waals surface area contributed by atoms with Gasteiger partial charge in [0.05, 0.1) is 11.8 Å². The number of halogens is 2. The van der Waals surface area contributed by atoms with Crippen LogP contribution < -0.4 is 4.90 Å². The van der Waals surface area contributed by atoms with Crippen molar-refractivity contribution in [3.63, 3.8) is 0 Å². The summed E-state index contributed by atoms with van der Waals surface area (Å²) in [7, 11) is 1.80. The second kappa shape index (κ2) is 5.36. The highest BCUT2D eigenvalue weighted by Gasteiger charge is 2.25. The van der Waals surface area contributed by atoms with E-state index in [-0.39, 0.29) is 11.3 Å². The molecule has 0 spiro atoms. The number of benzene rings is 2. The maximum absolute atomic E-state index is 11.8. The Kier molecular flexibility index (Phi) is 3.68. The predicted octanol–water partition coefficient (Wildman–Crippen LogP) is 4.50. The van der Waals surface area contributed by atoms with E-state index < -0.39 is 0 Å². The van der Waals surface area contributed by atoms with Crippen LogP contribution in [-0.4, -0.2) is 13.0 Å². The molecule has 1 heterocycles. The number of hydrogen-bond acceptors (Lipinski definition) is 1. The van der Waals surface area contributed by atoms with Gasteiger partial charge in [-0.05, 0) is 41.3 Å². The van der Waals surface area contributed by atoms with Crippen LogP contribution in [0.25, 0.3) is 0 Å². The lowest BCUT2D eigenvalue weighted by Gasteiger charge is -2.16. The zero-order valence-electron chi connectivity index (χ0n) is 11.9. The normalized spacial score (nSPS) is 15.2. The highest BCUT2D eigenvalue weighted by molar-refractivity contribution is 6.31. The summed E-state index contributed by atoms with van der Waals surface area (Å²) in [5.41, 5.74) is 4.99. The van der Waals surface area contributed by atoms with Gasteiger partial charge in [-0.3, -0.25) is 4.79 Å². The van der Waals surface area contributed by atoms with Gasteiger partial charge in [0.25, 0.3) is 0 Å². The van der Waals surface area contributed by atoms with Crippen LogP contribution in [0.3, 0.4) is 0 Å². The number of hydrogen-bond donors (Lipinski definition) is 0. The number of nitrogens with zero attached hydrogens (tertiary/aromatic N) is 1. The first-order valence-corrected chi connectivity index (χ1v) is 7.59. The summed E-state index contributed by atoms with van der Waals surface area (Å²) < 4.78 is 0. The molecule has 2 nitrogen and oxygen atoms in total. The van der Waals surface area contributed by atoms with Crippen molar-refractivity contribution >= 4 is 34.8 Å². The van der Waals surface area contributed by atoms with Crippen LogP contribution in [0.4, 0.5) is 5.69 Å². The van der Waals surface area contributed by atoms with Crippen molar-refractivity contribution in [3.05, 3.63) is 63.7 Å². The zero-order chi connectivity index (χ0) is 15.1. The van der Waals surface area contributed by atoms with Crippen LogP contribution in [0, 0.1) is 6.92 Å². The van der Waals surface area contributed by atoms with Crippen LogP contribution in [0.5, 0.6) is 0 Å². The van der Waals surface area contributed by atoms with Gasteiger partial charge in [0.15, 0.2) is 0 Å². The molecule has 1 atom stereocenters. The third kappa shape index (κ3) is 2.43. The molecule has 4 heteroatoms. The summed E-state index contributed by atoms with van der Waals surface area (Å²) in [6.45, 7) is 1.97. The van der Waals surface area contributed by atoms with Crippen molar-refractivity contribution in [2.24, 2.45) is 0 Å². The number of anilines is 1. The van der Waals surface area contributed by atoms with Crippen molar-refractivity contribution in [3.8, 4) is 0 Å². The van der Waals surface area contributed by atoms with Gasteiger partial charge in [0.2, 0.25) is 5.91 Å². The van der Waals surface area contributed by atoms with Crippen molar-refractivity contribution < 1.29 is 4.79 Å². The van der Waals surface area contributed by atoms with Gasteiger partial charge in [-0.1, -0.05) is 35.9 Å². The first-order chi connectivity index (χ1) is 9.99. The number of fused-ring (bicyclic) bond motifs is 1.